The van der Waals surface area contributed by atoms with E-state index < -0.39 is 6.10 Å². The molecular weight excluding hydrogens is 428 g/mol. The lowest BCUT2D eigenvalue weighted by Gasteiger charge is -2.25. The minimum atomic E-state index is -0.401. The largest absolute Gasteiger partial charge is 0.495 e. The molecule has 1 N–H and O–H groups in total. The normalized spacial score (nSPS) is 14.9. The summed E-state index contributed by atoms with van der Waals surface area (Å²) in [5, 5.41) is 6.97. The molecule has 1 aliphatic heterocycles. The highest BCUT2D eigenvalue weighted by Crippen LogP contribution is 2.25. The van der Waals surface area contributed by atoms with Gasteiger partial charge in [0.2, 0.25) is 0 Å². The van der Waals surface area contributed by atoms with Gasteiger partial charge in [-0.05, 0) is 47.5 Å². The van der Waals surface area contributed by atoms with Crippen LogP contribution in [0.25, 0.3) is 0 Å². The van der Waals surface area contributed by atoms with Crippen LogP contribution in [0.15, 0.2) is 78.0 Å². The molecule has 0 bridgehead atoms. The summed E-state index contributed by atoms with van der Waals surface area (Å²) in [7, 11) is 1.52. The van der Waals surface area contributed by atoms with Gasteiger partial charge in [0.1, 0.15) is 17.4 Å². The van der Waals surface area contributed by atoms with E-state index >= 15 is 0 Å². The molecule has 0 saturated heterocycles. The minimum absolute atomic E-state index is 0.171. The van der Waals surface area contributed by atoms with Crippen molar-refractivity contribution in [1.82, 2.24) is 4.90 Å². The molecule has 8 heteroatoms. The second-order valence-corrected chi connectivity index (χ2v) is 7.62. The molecule has 2 amide bonds. The van der Waals surface area contributed by atoms with Crippen molar-refractivity contribution in [2.24, 2.45) is 5.16 Å². The Hall–Kier alpha value is -3.94. The van der Waals surface area contributed by atoms with Gasteiger partial charge in [0, 0.05) is 13.0 Å². The second kappa shape index (κ2) is 10.1. The molecule has 0 spiro atoms. The van der Waals surface area contributed by atoms with Gasteiger partial charge in [0.25, 0.3) is 0 Å². The molecule has 3 aromatic rings. The number of ether oxygens (including phenoxy) is 1. The number of urea groups is 1. The molecule has 6 nitrogen and oxygen atoms in total. The molecule has 33 heavy (non-hydrogen) atoms. The number of halogens is 2. The van der Waals surface area contributed by atoms with Crippen LogP contribution >= 0.6 is 0 Å². The highest BCUT2D eigenvalue weighted by Gasteiger charge is 2.27. The summed E-state index contributed by atoms with van der Waals surface area (Å²) in [6.45, 7) is 0.385. The number of amides is 2. The first-order valence-corrected chi connectivity index (χ1v) is 10.4. The van der Waals surface area contributed by atoms with Crippen molar-refractivity contribution in [3.8, 4) is 5.75 Å². The fourth-order valence-corrected chi connectivity index (χ4v) is 3.60. The smallest absolute Gasteiger partial charge is 0.322 e. The molecule has 4 rings (SSSR count). The topological polar surface area (TPSA) is 63.2 Å². The summed E-state index contributed by atoms with van der Waals surface area (Å²) < 4.78 is 32.3. The monoisotopic (exact) mass is 451 g/mol. The fraction of sp³-hybridized carbons (Fsp3) is 0.200. The lowest BCUT2D eigenvalue weighted by atomic mass is 10.0. The highest BCUT2D eigenvalue weighted by atomic mass is 19.1. The summed E-state index contributed by atoms with van der Waals surface area (Å²) in [6, 6.07) is 18.8. The third kappa shape index (κ3) is 5.65. The zero-order valence-electron chi connectivity index (χ0n) is 18.0. The Morgan fingerprint density at radius 2 is 1.88 bits per heavy atom. The molecule has 0 saturated carbocycles. The maximum absolute atomic E-state index is 13.7. The van der Waals surface area contributed by atoms with E-state index in [0.717, 1.165) is 5.56 Å². The van der Waals surface area contributed by atoms with E-state index in [1.807, 2.05) is 0 Å². The zero-order chi connectivity index (χ0) is 23.2. The average Bonchev–Trinajstić information content (AvgIpc) is 3.28. The summed E-state index contributed by atoms with van der Waals surface area (Å²) in [6.07, 6.45) is 0.0507. The van der Waals surface area contributed by atoms with E-state index in [4.69, 9.17) is 9.57 Å². The number of nitrogens with one attached hydrogen (secondary N) is 1. The van der Waals surface area contributed by atoms with E-state index in [1.165, 1.54) is 36.3 Å². The van der Waals surface area contributed by atoms with E-state index in [1.54, 1.807) is 48.5 Å². The molecule has 0 fully saturated rings. The van der Waals surface area contributed by atoms with Gasteiger partial charge in [-0.25, -0.2) is 13.6 Å². The number of anilines is 1. The fourth-order valence-electron chi connectivity index (χ4n) is 3.60. The number of nitrogens with zero attached hydrogens (tertiary/aromatic N) is 2. The standard InChI is InChI=1S/C25H23F2N3O3/c1-32-24-8-3-2-7-22(24)28-25(31)30(15-17-5-4-6-20(27)13-17)16-21-14-23(29-33-21)18-9-11-19(26)12-10-18/h2-13,21H,14-16H2,1H3,(H,28,31)/t21-/m1/s1. The molecule has 170 valence electrons. The summed E-state index contributed by atoms with van der Waals surface area (Å²) in [5.74, 6) is -0.184. The van der Waals surface area contributed by atoms with Crippen molar-refractivity contribution < 1.29 is 23.1 Å². The Morgan fingerprint density at radius 3 is 2.64 bits per heavy atom. The van der Waals surface area contributed by atoms with Crippen LogP contribution in [-0.4, -0.2) is 36.4 Å². The lowest BCUT2D eigenvalue weighted by Crippen LogP contribution is -2.40. The van der Waals surface area contributed by atoms with Crippen molar-refractivity contribution >= 4 is 17.4 Å². The van der Waals surface area contributed by atoms with Gasteiger partial charge in [-0.1, -0.05) is 41.6 Å². The molecule has 1 aliphatic rings. The van der Waals surface area contributed by atoms with Gasteiger partial charge < -0.3 is 19.8 Å². The number of hydrogen-bond acceptors (Lipinski definition) is 4. The van der Waals surface area contributed by atoms with Crippen LogP contribution in [0.4, 0.5) is 19.3 Å². The van der Waals surface area contributed by atoms with Gasteiger partial charge in [-0.2, -0.15) is 0 Å². The summed E-state index contributed by atoms with van der Waals surface area (Å²) >= 11 is 0. The third-order valence-electron chi connectivity index (χ3n) is 5.23. The van der Waals surface area contributed by atoms with Crippen LogP contribution in [0.1, 0.15) is 17.5 Å². The van der Waals surface area contributed by atoms with E-state index in [0.29, 0.717) is 29.1 Å². The number of rotatable bonds is 7. The lowest BCUT2D eigenvalue weighted by molar-refractivity contribution is 0.0608. The number of carbonyl (C=O) groups is 1. The minimum Gasteiger partial charge on any atom is -0.495 e. The van der Waals surface area contributed by atoms with Crippen LogP contribution < -0.4 is 10.1 Å². The zero-order valence-corrected chi connectivity index (χ0v) is 18.0. The molecule has 3 aromatic carbocycles. The predicted molar refractivity (Wildman–Crippen MR) is 121 cm³/mol. The van der Waals surface area contributed by atoms with Crippen LogP contribution in [0, 0.1) is 11.6 Å². The van der Waals surface area contributed by atoms with Gasteiger partial charge in [0.05, 0.1) is 25.1 Å². The number of hydrogen-bond donors (Lipinski definition) is 1. The summed E-state index contributed by atoms with van der Waals surface area (Å²) in [5.41, 5.74) is 2.59. The number of methoxy groups -OCH3 is 1. The van der Waals surface area contributed by atoms with Crippen molar-refractivity contribution in [3.05, 3.63) is 95.6 Å². The maximum atomic E-state index is 13.7. The Kier molecular flexibility index (Phi) is 6.83. The van der Waals surface area contributed by atoms with Crippen LogP contribution in [0.5, 0.6) is 5.75 Å². The molecule has 0 unspecified atom stereocenters. The van der Waals surface area contributed by atoms with E-state index in [-0.39, 0.29) is 30.8 Å². The van der Waals surface area contributed by atoms with Gasteiger partial charge in [-0.3, -0.25) is 0 Å². The number of para-hydroxylation sites is 2. The SMILES string of the molecule is COc1ccccc1NC(=O)N(Cc1cccc(F)c1)C[C@H]1CC(c2ccc(F)cc2)=NO1. The molecule has 0 aliphatic carbocycles. The first kappa shape index (κ1) is 22.3. The Labute approximate surface area is 190 Å². The van der Waals surface area contributed by atoms with Crippen molar-refractivity contribution in [2.75, 3.05) is 19.0 Å². The average molecular weight is 451 g/mol. The van der Waals surface area contributed by atoms with Crippen LogP contribution in [0.3, 0.4) is 0 Å². The van der Waals surface area contributed by atoms with Crippen molar-refractivity contribution in [3.63, 3.8) is 0 Å². The molecule has 1 heterocycles. The maximum Gasteiger partial charge on any atom is 0.322 e. The second-order valence-electron chi connectivity index (χ2n) is 7.62. The number of carbonyl (C=O) groups excluding carboxylic acids is 1. The van der Waals surface area contributed by atoms with Gasteiger partial charge in [0.15, 0.2) is 6.10 Å². The molecule has 0 radical (unpaired) electrons. The first-order chi connectivity index (χ1) is 16.0. The Bertz CT molecular complexity index is 1150. The molecule has 0 aromatic heterocycles. The van der Waals surface area contributed by atoms with Crippen LogP contribution in [-0.2, 0) is 11.4 Å². The third-order valence-corrected chi connectivity index (χ3v) is 5.23. The Balaban J connectivity index is 1.49. The van der Waals surface area contributed by atoms with E-state index in [9.17, 15) is 13.6 Å². The predicted octanol–water partition coefficient (Wildman–Crippen LogP) is 5.20. The molecule has 1 atom stereocenters. The van der Waals surface area contributed by atoms with Crippen molar-refractivity contribution in [2.45, 2.75) is 19.1 Å². The van der Waals surface area contributed by atoms with Crippen molar-refractivity contribution in [1.29, 1.82) is 0 Å². The quantitative estimate of drug-likeness (QED) is 0.537. The highest BCUT2D eigenvalue weighted by molar-refractivity contribution is 6.01. The number of benzene rings is 3. The van der Waals surface area contributed by atoms with Crippen LogP contribution in [0.2, 0.25) is 0 Å². The van der Waals surface area contributed by atoms with E-state index in [2.05, 4.69) is 10.5 Å². The molecular formula is C25H23F2N3O3. The number of oxime groups is 1. The first-order valence-electron chi connectivity index (χ1n) is 10.4. The van der Waals surface area contributed by atoms with Gasteiger partial charge in [-0.15, -0.1) is 0 Å². The Morgan fingerprint density at radius 1 is 1.09 bits per heavy atom. The van der Waals surface area contributed by atoms with Gasteiger partial charge >= 0.3 is 6.03 Å². The summed E-state index contributed by atoms with van der Waals surface area (Å²) in [4.78, 5) is 20.3.